The van der Waals surface area contributed by atoms with Gasteiger partial charge >= 0.3 is 5.97 Å². The lowest BCUT2D eigenvalue weighted by Gasteiger charge is -2.34. The van der Waals surface area contributed by atoms with Gasteiger partial charge in [0.15, 0.2) is 0 Å². The number of aliphatic hydroxyl groups excluding tert-OH is 1. The standard InChI is InChI=1S/C32H42N4O6S/c1-22-8-9-26(19-28(22)35-43(2,41)42)30(37)21-33-20-24-14-16-36(17-15-24)27-12-10-25(11-13-27)31(38)34-29(32(39)40)18-23-6-4-3-5-7-23/h4,6-13,19,24,29-30,33,35,37H,3,5,14-18,20-21H2,1-2H3,(H,34,38)(H,39,40). The third-order valence-corrected chi connectivity index (χ3v) is 8.53. The van der Waals surface area contributed by atoms with Crippen molar-refractivity contribution in [2.45, 2.75) is 51.2 Å². The number of carbonyl (C=O) groups excluding carboxylic acids is 1. The number of carboxylic acid groups (broad SMARTS) is 1. The van der Waals surface area contributed by atoms with E-state index in [9.17, 15) is 28.2 Å². The smallest absolute Gasteiger partial charge is 0.326 e. The van der Waals surface area contributed by atoms with Crippen LogP contribution in [-0.2, 0) is 14.8 Å². The molecule has 2 aliphatic rings. The van der Waals surface area contributed by atoms with Gasteiger partial charge in [-0.15, -0.1) is 0 Å². The van der Waals surface area contributed by atoms with Crippen molar-refractivity contribution < 1.29 is 28.2 Å². The Hall–Kier alpha value is -3.67. The molecule has 43 heavy (non-hydrogen) atoms. The molecule has 1 heterocycles. The second-order valence-electron chi connectivity index (χ2n) is 11.4. The van der Waals surface area contributed by atoms with Crippen LogP contribution in [0.4, 0.5) is 11.4 Å². The van der Waals surface area contributed by atoms with E-state index >= 15 is 0 Å². The van der Waals surface area contributed by atoms with E-state index in [0.717, 1.165) is 68.4 Å². The van der Waals surface area contributed by atoms with Crippen molar-refractivity contribution in [2.24, 2.45) is 5.92 Å². The Balaban J connectivity index is 1.21. The number of hydrogen-bond acceptors (Lipinski definition) is 7. The normalized spacial score (nSPS) is 17.2. The van der Waals surface area contributed by atoms with Gasteiger partial charge in [0.2, 0.25) is 10.0 Å². The predicted molar refractivity (Wildman–Crippen MR) is 169 cm³/mol. The van der Waals surface area contributed by atoms with E-state index in [-0.39, 0.29) is 6.42 Å². The fourth-order valence-corrected chi connectivity index (χ4v) is 6.03. The number of sulfonamides is 1. The highest BCUT2D eigenvalue weighted by Gasteiger charge is 2.23. The Morgan fingerprint density at radius 1 is 1.07 bits per heavy atom. The first-order valence-corrected chi connectivity index (χ1v) is 16.6. The second kappa shape index (κ2) is 14.7. The number of aliphatic hydroxyl groups is 1. The summed E-state index contributed by atoms with van der Waals surface area (Å²) in [7, 11) is -3.41. The van der Waals surface area contributed by atoms with Crippen LogP contribution in [0.2, 0.25) is 0 Å². The largest absolute Gasteiger partial charge is 0.480 e. The minimum Gasteiger partial charge on any atom is -0.480 e. The lowest BCUT2D eigenvalue weighted by molar-refractivity contribution is -0.139. The van der Waals surface area contributed by atoms with E-state index in [1.165, 1.54) is 0 Å². The SMILES string of the molecule is Cc1ccc(C(O)CNCC2CCN(c3ccc(C(=O)NC(CC4=CCCC=C4)C(=O)O)cc3)CC2)cc1NS(C)(=O)=O. The highest BCUT2D eigenvalue weighted by molar-refractivity contribution is 7.92. The first-order valence-electron chi connectivity index (χ1n) is 14.7. The van der Waals surface area contributed by atoms with Crippen molar-refractivity contribution in [2.75, 3.05) is 42.1 Å². The molecule has 2 aromatic carbocycles. The van der Waals surface area contributed by atoms with Crippen molar-refractivity contribution in [3.05, 3.63) is 83.0 Å². The number of nitrogens with zero attached hydrogens (tertiary/aromatic N) is 1. The molecule has 11 heteroatoms. The van der Waals surface area contributed by atoms with Gasteiger partial charge in [-0.1, -0.05) is 30.4 Å². The molecular weight excluding hydrogens is 568 g/mol. The summed E-state index contributed by atoms with van der Waals surface area (Å²) < 4.78 is 25.7. The first-order chi connectivity index (χ1) is 20.5. The number of aryl methyl sites for hydroxylation is 1. The average molecular weight is 611 g/mol. The van der Waals surface area contributed by atoms with Crippen LogP contribution < -0.4 is 20.3 Å². The molecule has 10 nitrogen and oxygen atoms in total. The molecule has 0 saturated carbocycles. The molecule has 4 rings (SSSR count). The zero-order valence-electron chi connectivity index (χ0n) is 24.8. The topological polar surface area (TPSA) is 148 Å². The number of amides is 1. The van der Waals surface area contributed by atoms with Gasteiger partial charge in [0.25, 0.3) is 5.91 Å². The van der Waals surface area contributed by atoms with Crippen molar-refractivity contribution in [1.82, 2.24) is 10.6 Å². The van der Waals surface area contributed by atoms with Crippen molar-refractivity contribution in [1.29, 1.82) is 0 Å². The average Bonchev–Trinajstić information content (AvgIpc) is 2.98. The predicted octanol–water partition coefficient (Wildman–Crippen LogP) is 3.76. The van der Waals surface area contributed by atoms with Gasteiger partial charge in [0, 0.05) is 37.3 Å². The van der Waals surface area contributed by atoms with Gasteiger partial charge in [-0.2, -0.15) is 0 Å². The number of hydrogen-bond donors (Lipinski definition) is 5. The fourth-order valence-electron chi connectivity index (χ4n) is 5.41. The summed E-state index contributed by atoms with van der Waals surface area (Å²) in [6.07, 6.45) is 10.3. The number of nitrogens with one attached hydrogen (secondary N) is 3. The molecule has 1 aliphatic heterocycles. The third-order valence-electron chi connectivity index (χ3n) is 7.94. The maximum atomic E-state index is 12.8. The van der Waals surface area contributed by atoms with Crippen LogP contribution in [0.1, 0.15) is 59.7 Å². The lowest BCUT2D eigenvalue weighted by Crippen LogP contribution is -2.41. The van der Waals surface area contributed by atoms with Crippen molar-refractivity contribution in [3.8, 4) is 0 Å². The van der Waals surface area contributed by atoms with Gasteiger partial charge in [0.05, 0.1) is 18.0 Å². The fraction of sp³-hybridized carbons (Fsp3) is 0.438. The highest BCUT2D eigenvalue weighted by atomic mass is 32.2. The van der Waals surface area contributed by atoms with E-state index in [2.05, 4.69) is 20.3 Å². The van der Waals surface area contributed by atoms with Gasteiger partial charge < -0.3 is 25.7 Å². The summed E-state index contributed by atoms with van der Waals surface area (Å²) in [6.45, 7) is 4.67. The highest BCUT2D eigenvalue weighted by Crippen LogP contribution is 2.25. The van der Waals surface area contributed by atoms with Gasteiger partial charge in [-0.05, 0) is 92.1 Å². The minimum atomic E-state index is -3.41. The van der Waals surface area contributed by atoms with Crippen LogP contribution in [0.5, 0.6) is 0 Å². The molecule has 2 atom stereocenters. The third kappa shape index (κ3) is 9.67. The Morgan fingerprint density at radius 2 is 1.79 bits per heavy atom. The Labute approximate surface area is 253 Å². The number of aliphatic carboxylic acids is 1. The first kappa shape index (κ1) is 32.2. The Kier molecular flexibility index (Phi) is 11.0. The summed E-state index contributed by atoms with van der Waals surface area (Å²) >= 11 is 0. The molecule has 1 aliphatic carbocycles. The van der Waals surface area contributed by atoms with Gasteiger partial charge in [-0.3, -0.25) is 9.52 Å². The molecule has 1 amide bonds. The monoisotopic (exact) mass is 610 g/mol. The molecule has 0 radical (unpaired) electrons. The van der Waals surface area contributed by atoms with Crippen LogP contribution >= 0.6 is 0 Å². The maximum Gasteiger partial charge on any atom is 0.326 e. The summed E-state index contributed by atoms with van der Waals surface area (Å²) in [6, 6.07) is 11.6. The van der Waals surface area contributed by atoms with E-state index in [1.807, 2.05) is 37.3 Å². The van der Waals surface area contributed by atoms with E-state index in [0.29, 0.717) is 29.3 Å². The molecule has 1 fully saturated rings. The molecule has 2 unspecified atom stereocenters. The van der Waals surface area contributed by atoms with Gasteiger partial charge in [-0.25, -0.2) is 13.2 Å². The Bertz CT molecular complexity index is 1450. The number of carbonyl (C=O) groups is 2. The van der Waals surface area contributed by atoms with Crippen LogP contribution in [0, 0.1) is 12.8 Å². The zero-order valence-corrected chi connectivity index (χ0v) is 25.6. The lowest BCUT2D eigenvalue weighted by atomic mass is 9.96. The molecule has 0 bridgehead atoms. The van der Waals surface area contributed by atoms with E-state index < -0.39 is 34.0 Å². The summed E-state index contributed by atoms with van der Waals surface area (Å²) in [5.41, 5.74) is 4.26. The Morgan fingerprint density at radius 3 is 2.42 bits per heavy atom. The number of piperidine rings is 1. The molecular formula is C32H42N4O6S. The summed E-state index contributed by atoms with van der Waals surface area (Å²) in [5, 5.41) is 26.3. The second-order valence-corrected chi connectivity index (χ2v) is 13.2. The quantitative estimate of drug-likeness (QED) is 0.230. The summed E-state index contributed by atoms with van der Waals surface area (Å²) in [4.78, 5) is 26.8. The minimum absolute atomic E-state index is 0.258. The number of benzene rings is 2. The van der Waals surface area contributed by atoms with E-state index in [1.54, 1.807) is 30.3 Å². The number of rotatable bonds is 13. The molecule has 0 aromatic heterocycles. The molecule has 2 aromatic rings. The van der Waals surface area contributed by atoms with E-state index in [4.69, 9.17) is 0 Å². The number of allylic oxidation sites excluding steroid dienone is 3. The summed E-state index contributed by atoms with van der Waals surface area (Å²) in [5.74, 6) is -1.00. The number of carboxylic acids is 1. The van der Waals surface area contributed by atoms with Crippen LogP contribution in [0.3, 0.4) is 0 Å². The molecule has 1 saturated heterocycles. The molecule has 5 N–H and O–H groups in total. The van der Waals surface area contributed by atoms with Crippen LogP contribution in [0.25, 0.3) is 0 Å². The molecule has 0 spiro atoms. The van der Waals surface area contributed by atoms with Crippen LogP contribution in [0.15, 0.2) is 66.3 Å². The number of anilines is 2. The zero-order chi connectivity index (χ0) is 31.0. The van der Waals surface area contributed by atoms with Crippen molar-refractivity contribution in [3.63, 3.8) is 0 Å². The maximum absolute atomic E-state index is 12.8. The molecule has 232 valence electrons. The van der Waals surface area contributed by atoms with Crippen LogP contribution in [-0.4, -0.2) is 69.0 Å². The van der Waals surface area contributed by atoms with Crippen molar-refractivity contribution >= 4 is 33.3 Å². The van der Waals surface area contributed by atoms with Gasteiger partial charge in [0.1, 0.15) is 6.04 Å².